The fourth-order valence-corrected chi connectivity index (χ4v) is 5.09. The molecule has 0 N–H and O–H groups in total. The van der Waals surface area contributed by atoms with E-state index in [1.54, 1.807) is 14.2 Å². The first-order valence-corrected chi connectivity index (χ1v) is 11.0. The Morgan fingerprint density at radius 1 is 0.867 bits per heavy atom. The van der Waals surface area contributed by atoms with E-state index in [0.29, 0.717) is 6.67 Å². The Morgan fingerprint density at radius 2 is 1.40 bits per heavy atom. The maximum atomic E-state index is 12.7. The number of aryl methyl sites for hydroxylation is 1. The van der Waals surface area contributed by atoms with Crippen molar-refractivity contribution in [1.29, 1.82) is 0 Å². The second-order valence-corrected chi connectivity index (χ2v) is 8.77. The predicted molar refractivity (Wildman–Crippen MR) is 113 cm³/mol. The normalized spacial score (nSPS) is 25.5. The molecule has 7 nitrogen and oxygen atoms in total. The van der Waals surface area contributed by atoms with Crippen molar-refractivity contribution in [2.24, 2.45) is 11.8 Å². The summed E-state index contributed by atoms with van der Waals surface area (Å²) in [5.41, 5.74) is 2.42. The van der Waals surface area contributed by atoms with Gasteiger partial charge in [0.25, 0.3) is 0 Å². The number of hydrogen-bond acceptors (Lipinski definition) is 6. The van der Waals surface area contributed by atoms with E-state index >= 15 is 0 Å². The second kappa shape index (κ2) is 8.94. The molecule has 0 unspecified atom stereocenters. The van der Waals surface area contributed by atoms with Crippen LogP contribution in [0.1, 0.15) is 36.8 Å². The van der Waals surface area contributed by atoms with Crippen molar-refractivity contribution in [3.63, 3.8) is 0 Å². The molecule has 1 aromatic rings. The van der Waals surface area contributed by atoms with Gasteiger partial charge in [-0.15, -0.1) is 0 Å². The van der Waals surface area contributed by atoms with Crippen molar-refractivity contribution >= 4 is 11.8 Å². The average Bonchev–Trinajstić information content (AvgIpc) is 3.01. The summed E-state index contributed by atoms with van der Waals surface area (Å²) in [5, 5.41) is 0. The molecule has 2 aliphatic heterocycles. The Balaban J connectivity index is 1.32. The van der Waals surface area contributed by atoms with Gasteiger partial charge in [-0.1, -0.05) is 12.8 Å². The number of imide groups is 1. The zero-order valence-corrected chi connectivity index (χ0v) is 18.4. The lowest BCUT2D eigenvalue weighted by atomic mass is 9.81. The molecule has 4 rings (SSSR count). The number of benzene rings is 1. The fourth-order valence-electron chi connectivity index (χ4n) is 5.09. The van der Waals surface area contributed by atoms with Gasteiger partial charge in [0.15, 0.2) is 11.5 Å². The van der Waals surface area contributed by atoms with Gasteiger partial charge in [0.1, 0.15) is 0 Å². The van der Waals surface area contributed by atoms with Crippen LogP contribution in [0.3, 0.4) is 0 Å². The van der Waals surface area contributed by atoms with Crippen molar-refractivity contribution in [2.45, 2.75) is 39.2 Å². The summed E-state index contributed by atoms with van der Waals surface area (Å²) < 4.78 is 10.8. The molecule has 1 aliphatic carbocycles. The topological polar surface area (TPSA) is 62.3 Å². The van der Waals surface area contributed by atoms with Crippen LogP contribution >= 0.6 is 0 Å². The second-order valence-electron chi connectivity index (χ2n) is 8.77. The van der Waals surface area contributed by atoms with Gasteiger partial charge in [-0.3, -0.25) is 24.3 Å². The fraction of sp³-hybridized carbons (Fsp3) is 0.652. The van der Waals surface area contributed by atoms with E-state index in [4.69, 9.17) is 9.47 Å². The minimum absolute atomic E-state index is 0.0550. The van der Waals surface area contributed by atoms with Crippen LogP contribution in [0.2, 0.25) is 0 Å². The Morgan fingerprint density at radius 3 is 1.97 bits per heavy atom. The van der Waals surface area contributed by atoms with Crippen LogP contribution < -0.4 is 9.47 Å². The Kier molecular flexibility index (Phi) is 6.29. The van der Waals surface area contributed by atoms with Gasteiger partial charge < -0.3 is 9.47 Å². The average molecular weight is 416 g/mol. The van der Waals surface area contributed by atoms with Crippen LogP contribution in [0.4, 0.5) is 0 Å². The molecular weight excluding hydrogens is 382 g/mol. The number of methoxy groups -OCH3 is 2. The maximum Gasteiger partial charge on any atom is 0.234 e. The van der Waals surface area contributed by atoms with Crippen LogP contribution in [-0.4, -0.2) is 73.6 Å². The van der Waals surface area contributed by atoms with Gasteiger partial charge in [-0.2, -0.15) is 0 Å². The molecule has 2 saturated heterocycles. The number of likely N-dealkylation sites (tertiary alicyclic amines) is 1. The van der Waals surface area contributed by atoms with Gasteiger partial charge in [-0.25, -0.2) is 0 Å². The van der Waals surface area contributed by atoms with Crippen molar-refractivity contribution in [1.82, 2.24) is 14.7 Å². The molecule has 7 heteroatoms. The molecule has 0 radical (unpaired) electrons. The van der Waals surface area contributed by atoms with Crippen LogP contribution in [0, 0.1) is 18.8 Å². The molecule has 2 atom stereocenters. The van der Waals surface area contributed by atoms with Crippen molar-refractivity contribution in [3.05, 3.63) is 23.3 Å². The number of rotatable bonds is 6. The van der Waals surface area contributed by atoms with Gasteiger partial charge >= 0.3 is 0 Å². The standard InChI is InChI=1S/C23H33N3O4/c1-16-12-20(29-2)21(30-3)13-17(16)14-24-8-10-25(11-9-24)15-26-22(27)18-6-4-5-7-19(18)23(26)28/h12-13,18-19H,4-11,14-15H2,1-3H3/t18-,19-/m0/s1. The van der Waals surface area contributed by atoms with Gasteiger partial charge in [0.2, 0.25) is 11.8 Å². The molecule has 1 saturated carbocycles. The van der Waals surface area contributed by atoms with Crippen LogP contribution in [-0.2, 0) is 16.1 Å². The third-order valence-electron chi connectivity index (χ3n) is 6.97. The lowest BCUT2D eigenvalue weighted by Crippen LogP contribution is -2.51. The van der Waals surface area contributed by atoms with Gasteiger partial charge in [-0.05, 0) is 43.0 Å². The summed E-state index contributed by atoms with van der Waals surface area (Å²) in [6.07, 6.45) is 3.90. The van der Waals surface area contributed by atoms with Gasteiger partial charge in [0.05, 0.1) is 32.7 Å². The van der Waals surface area contributed by atoms with E-state index in [1.165, 1.54) is 16.0 Å². The number of carbonyl (C=O) groups is 2. The number of fused-ring (bicyclic) bond motifs is 1. The number of carbonyl (C=O) groups excluding carboxylic acids is 2. The molecule has 1 aromatic carbocycles. The molecular formula is C23H33N3O4. The zero-order chi connectivity index (χ0) is 21.3. The Labute approximate surface area is 178 Å². The van der Waals surface area contributed by atoms with Crippen molar-refractivity contribution in [3.8, 4) is 11.5 Å². The minimum atomic E-state index is -0.0550. The van der Waals surface area contributed by atoms with Gasteiger partial charge in [0, 0.05) is 32.7 Å². The summed E-state index contributed by atoms with van der Waals surface area (Å²) in [5.74, 6) is 1.52. The van der Waals surface area contributed by atoms with Crippen LogP contribution in [0.25, 0.3) is 0 Å². The van der Waals surface area contributed by atoms with E-state index in [-0.39, 0.29) is 23.7 Å². The largest absolute Gasteiger partial charge is 0.493 e. The molecule has 2 amide bonds. The predicted octanol–water partition coefficient (Wildman–Crippen LogP) is 2.26. The summed E-state index contributed by atoms with van der Waals surface area (Å²) in [6.45, 7) is 6.95. The molecule has 0 aromatic heterocycles. The first-order chi connectivity index (χ1) is 14.5. The van der Waals surface area contributed by atoms with E-state index in [9.17, 15) is 9.59 Å². The highest BCUT2D eigenvalue weighted by atomic mass is 16.5. The summed E-state index contributed by atoms with van der Waals surface area (Å²) >= 11 is 0. The van der Waals surface area contributed by atoms with Crippen LogP contribution in [0.5, 0.6) is 11.5 Å². The van der Waals surface area contributed by atoms with Crippen molar-refractivity contribution in [2.75, 3.05) is 47.1 Å². The summed E-state index contributed by atoms with van der Waals surface area (Å²) in [7, 11) is 3.31. The molecule has 3 aliphatic rings. The molecule has 2 heterocycles. The lowest BCUT2D eigenvalue weighted by molar-refractivity contribution is -0.142. The number of hydrogen-bond donors (Lipinski definition) is 0. The smallest absolute Gasteiger partial charge is 0.234 e. The summed E-state index contributed by atoms with van der Waals surface area (Å²) in [4.78, 5) is 31.6. The van der Waals surface area contributed by atoms with E-state index in [2.05, 4.69) is 22.8 Å². The number of nitrogens with zero attached hydrogens (tertiary/aromatic N) is 3. The van der Waals surface area contributed by atoms with E-state index in [0.717, 1.165) is 69.9 Å². The monoisotopic (exact) mass is 415 g/mol. The molecule has 164 valence electrons. The maximum absolute atomic E-state index is 12.7. The molecule has 0 bridgehead atoms. The first-order valence-electron chi connectivity index (χ1n) is 11.0. The molecule has 30 heavy (non-hydrogen) atoms. The van der Waals surface area contributed by atoms with Crippen molar-refractivity contribution < 1.29 is 19.1 Å². The third kappa shape index (κ3) is 4.05. The molecule has 3 fully saturated rings. The van der Waals surface area contributed by atoms with E-state index in [1.807, 2.05) is 6.07 Å². The minimum Gasteiger partial charge on any atom is -0.493 e. The Hall–Kier alpha value is -2.12. The third-order valence-corrected chi connectivity index (χ3v) is 6.97. The van der Waals surface area contributed by atoms with Crippen LogP contribution in [0.15, 0.2) is 12.1 Å². The van der Waals surface area contributed by atoms with E-state index < -0.39 is 0 Å². The highest BCUT2D eigenvalue weighted by Gasteiger charge is 2.48. The SMILES string of the molecule is COc1cc(C)c(CN2CCN(CN3C(=O)[C@H]4CCCC[C@@H]4C3=O)CC2)cc1OC. The zero-order valence-electron chi connectivity index (χ0n) is 18.4. The lowest BCUT2D eigenvalue weighted by Gasteiger charge is -2.36. The molecule has 0 spiro atoms. The number of piperazine rings is 1. The summed E-state index contributed by atoms with van der Waals surface area (Å²) in [6, 6.07) is 4.08. The number of amides is 2. The number of ether oxygens (including phenoxy) is 2. The quantitative estimate of drug-likeness (QED) is 0.665. The highest BCUT2D eigenvalue weighted by molar-refractivity contribution is 6.05. The first kappa shape index (κ1) is 21.1. The highest BCUT2D eigenvalue weighted by Crippen LogP contribution is 2.38. The Bertz CT molecular complexity index is 780.